The van der Waals surface area contributed by atoms with E-state index in [-0.39, 0.29) is 0 Å². The Hall–Kier alpha value is -1.01. The van der Waals surface area contributed by atoms with Crippen LogP contribution in [0.5, 0.6) is 0 Å². The van der Waals surface area contributed by atoms with E-state index < -0.39 is 5.97 Å². The minimum atomic E-state index is -1.05. The Morgan fingerprint density at radius 1 is 0.857 bits per heavy atom. The second-order valence-corrected chi connectivity index (χ2v) is 5.67. The average Bonchev–Trinajstić information content (AvgIpc) is 2.46. The molecule has 122 valence electrons. The molecule has 0 unspecified atom stereocenters. The Morgan fingerprint density at radius 3 is 1.81 bits per heavy atom. The summed E-state index contributed by atoms with van der Waals surface area (Å²) in [6.07, 6.45) is 16.3. The Balaban J connectivity index is 3.03. The molecule has 0 spiro atoms. The van der Waals surface area contributed by atoms with Crippen molar-refractivity contribution < 1.29 is 9.90 Å². The van der Waals surface area contributed by atoms with Gasteiger partial charge in [-0.3, -0.25) is 0 Å². The fourth-order valence-corrected chi connectivity index (χ4v) is 2.36. The minimum Gasteiger partial charge on any atom is -0.472 e. The number of nitrogens with one attached hydrogen (secondary N) is 1. The highest BCUT2D eigenvalue weighted by Gasteiger charge is 1.93. The van der Waals surface area contributed by atoms with Crippen molar-refractivity contribution in [2.75, 3.05) is 13.1 Å². The van der Waals surface area contributed by atoms with E-state index in [0.29, 0.717) is 6.54 Å². The van der Waals surface area contributed by atoms with Crippen LogP contribution in [0.1, 0.15) is 84.0 Å². The summed E-state index contributed by atoms with van der Waals surface area (Å²) in [7, 11) is 0. The molecule has 3 nitrogen and oxygen atoms in total. The first-order valence-corrected chi connectivity index (χ1v) is 8.70. The average molecular weight is 295 g/mol. The number of carboxylic acids is 1. The lowest BCUT2D eigenvalue weighted by atomic mass is 10.1. The Morgan fingerprint density at radius 2 is 1.33 bits per heavy atom. The van der Waals surface area contributed by atoms with Crippen molar-refractivity contribution in [1.82, 2.24) is 5.32 Å². The first kappa shape index (κ1) is 20.0. The van der Waals surface area contributed by atoms with E-state index in [9.17, 15) is 4.79 Å². The van der Waals surface area contributed by atoms with Crippen molar-refractivity contribution >= 4 is 5.97 Å². The third-order valence-corrected chi connectivity index (χ3v) is 3.62. The van der Waals surface area contributed by atoms with E-state index in [1.165, 1.54) is 70.6 Å². The van der Waals surface area contributed by atoms with Gasteiger partial charge in [0.2, 0.25) is 0 Å². The molecule has 0 aliphatic carbocycles. The summed E-state index contributed by atoms with van der Waals surface area (Å²) in [5, 5.41) is 11.5. The topological polar surface area (TPSA) is 49.3 Å². The summed E-state index contributed by atoms with van der Waals surface area (Å²) < 4.78 is 0. The lowest BCUT2D eigenvalue weighted by Crippen LogP contribution is -2.15. The van der Waals surface area contributed by atoms with Crippen molar-refractivity contribution in [2.45, 2.75) is 84.0 Å². The molecule has 0 rings (SSSR count). The maximum atomic E-state index is 10.1. The smallest absolute Gasteiger partial charge is 0.381 e. The largest absolute Gasteiger partial charge is 0.472 e. The van der Waals surface area contributed by atoms with Gasteiger partial charge in [0.05, 0.1) is 6.54 Å². The van der Waals surface area contributed by atoms with Crippen LogP contribution < -0.4 is 5.32 Å². The Labute approximate surface area is 130 Å². The van der Waals surface area contributed by atoms with Crippen LogP contribution in [-0.2, 0) is 4.79 Å². The number of carbonyl (C=O) groups is 1. The van der Waals surface area contributed by atoms with Gasteiger partial charge < -0.3 is 10.4 Å². The summed E-state index contributed by atoms with van der Waals surface area (Å²) in [4.78, 5) is 10.1. The van der Waals surface area contributed by atoms with Crippen LogP contribution >= 0.6 is 0 Å². The molecule has 0 aliphatic rings. The Kier molecular flexibility index (Phi) is 16.2. The molecule has 0 heterocycles. The maximum Gasteiger partial charge on any atom is 0.381 e. The minimum absolute atomic E-state index is 0.477. The Bertz CT molecular complexity index is 291. The summed E-state index contributed by atoms with van der Waals surface area (Å²) in [5.74, 6) is 3.61. The molecular formula is C18H33NO2. The van der Waals surface area contributed by atoms with Gasteiger partial charge in [0.25, 0.3) is 0 Å². The molecule has 0 saturated heterocycles. The van der Waals surface area contributed by atoms with Gasteiger partial charge >= 0.3 is 5.97 Å². The number of rotatable bonds is 14. The normalized spacial score (nSPS) is 10.1. The van der Waals surface area contributed by atoms with Crippen molar-refractivity contribution in [2.24, 2.45) is 0 Å². The van der Waals surface area contributed by atoms with Gasteiger partial charge in [-0.05, 0) is 13.0 Å². The SMILES string of the molecule is CCCCCCCCCCCCCCNCC#CC(=O)O. The van der Waals surface area contributed by atoms with Gasteiger partial charge in [-0.25, -0.2) is 4.79 Å². The summed E-state index contributed by atoms with van der Waals surface area (Å²) in [6, 6.07) is 0. The number of unbranched alkanes of at least 4 members (excludes halogenated alkanes) is 11. The van der Waals surface area contributed by atoms with Gasteiger partial charge in [-0.15, -0.1) is 0 Å². The molecule has 0 aromatic heterocycles. The first-order chi connectivity index (χ1) is 10.3. The quantitative estimate of drug-likeness (QED) is 0.370. The lowest BCUT2D eigenvalue weighted by molar-refractivity contribution is -0.130. The number of aliphatic carboxylic acids is 1. The van der Waals surface area contributed by atoms with Crippen molar-refractivity contribution in [3.8, 4) is 11.8 Å². The molecule has 0 aromatic carbocycles. The molecule has 0 aromatic rings. The van der Waals surface area contributed by atoms with Crippen LogP contribution in [-0.4, -0.2) is 24.2 Å². The second-order valence-electron chi connectivity index (χ2n) is 5.67. The van der Waals surface area contributed by atoms with Crippen LogP contribution in [0.3, 0.4) is 0 Å². The zero-order valence-corrected chi connectivity index (χ0v) is 13.8. The zero-order chi connectivity index (χ0) is 15.6. The van der Waals surface area contributed by atoms with Gasteiger partial charge in [-0.2, -0.15) is 0 Å². The second kappa shape index (κ2) is 17.0. The summed E-state index contributed by atoms with van der Waals surface area (Å²) >= 11 is 0. The molecule has 0 amide bonds. The van der Waals surface area contributed by atoms with Gasteiger partial charge in [0, 0.05) is 5.92 Å². The molecule has 0 bridgehead atoms. The van der Waals surface area contributed by atoms with E-state index in [4.69, 9.17) is 5.11 Å². The summed E-state index contributed by atoms with van der Waals surface area (Å²) in [6.45, 7) is 3.68. The third kappa shape index (κ3) is 19.0. The zero-order valence-electron chi connectivity index (χ0n) is 13.8. The van der Waals surface area contributed by atoms with Crippen LogP contribution in [0.2, 0.25) is 0 Å². The molecule has 2 N–H and O–H groups in total. The first-order valence-electron chi connectivity index (χ1n) is 8.70. The maximum absolute atomic E-state index is 10.1. The van der Waals surface area contributed by atoms with Crippen molar-refractivity contribution in [3.63, 3.8) is 0 Å². The highest BCUT2D eigenvalue weighted by molar-refractivity contribution is 5.86. The van der Waals surface area contributed by atoms with Gasteiger partial charge in [0.1, 0.15) is 0 Å². The van der Waals surface area contributed by atoms with Gasteiger partial charge in [0.15, 0.2) is 0 Å². The van der Waals surface area contributed by atoms with E-state index in [1.807, 2.05) is 0 Å². The molecule has 3 heteroatoms. The lowest BCUT2D eigenvalue weighted by Gasteiger charge is -2.03. The molecule has 0 saturated carbocycles. The molecule has 0 fully saturated rings. The van der Waals surface area contributed by atoms with Crippen LogP contribution in [0.4, 0.5) is 0 Å². The van der Waals surface area contributed by atoms with E-state index in [2.05, 4.69) is 24.1 Å². The van der Waals surface area contributed by atoms with Crippen LogP contribution in [0.15, 0.2) is 0 Å². The predicted molar refractivity (Wildman–Crippen MR) is 89.4 cm³/mol. The molecule has 0 aliphatic heterocycles. The number of hydrogen-bond donors (Lipinski definition) is 2. The van der Waals surface area contributed by atoms with E-state index in [1.54, 1.807) is 0 Å². The third-order valence-electron chi connectivity index (χ3n) is 3.62. The van der Waals surface area contributed by atoms with E-state index in [0.717, 1.165) is 13.0 Å². The highest BCUT2D eigenvalue weighted by Crippen LogP contribution is 2.11. The molecule has 0 atom stereocenters. The molecule has 21 heavy (non-hydrogen) atoms. The van der Waals surface area contributed by atoms with E-state index >= 15 is 0 Å². The van der Waals surface area contributed by atoms with Crippen LogP contribution in [0.25, 0.3) is 0 Å². The molecule has 0 radical (unpaired) electrons. The predicted octanol–water partition coefficient (Wildman–Crippen LogP) is 4.37. The summed E-state index contributed by atoms with van der Waals surface area (Å²) in [5.41, 5.74) is 0. The molecular weight excluding hydrogens is 262 g/mol. The fraction of sp³-hybridized carbons (Fsp3) is 0.833. The standard InChI is InChI=1S/C18H33NO2/c1-2-3-4-5-6-7-8-9-10-11-12-13-16-19-17-14-15-18(20)21/h19H,2-13,16-17H2,1H3,(H,20,21). The monoisotopic (exact) mass is 295 g/mol. The number of hydrogen-bond acceptors (Lipinski definition) is 2. The van der Waals surface area contributed by atoms with Crippen LogP contribution in [0, 0.1) is 11.8 Å². The van der Waals surface area contributed by atoms with Crippen molar-refractivity contribution in [1.29, 1.82) is 0 Å². The van der Waals surface area contributed by atoms with Gasteiger partial charge in [-0.1, -0.05) is 83.5 Å². The number of carboxylic acid groups (broad SMARTS) is 1. The van der Waals surface area contributed by atoms with Crippen molar-refractivity contribution in [3.05, 3.63) is 0 Å². The fourth-order valence-electron chi connectivity index (χ4n) is 2.36. The highest BCUT2D eigenvalue weighted by atomic mass is 16.4.